The number of H-pyrrole nitrogens is 1. The molecule has 0 aromatic carbocycles. The molecule has 0 amide bonds. The van der Waals surface area contributed by atoms with Gasteiger partial charge in [0.1, 0.15) is 5.03 Å². The lowest BCUT2D eigenvalue weighted by Gasteiger charge is -2.08. The van der Waals surface area contributed by atoms with Crippen molar-refractivity contribution in [3.05, 3.63) is 53.3 Å². The van der Waals surface area contributed by atoms with E-state index in [1.807, 2.05) is 43.5 Å². The molecule has 0 aliphatic heterocycles. The topological polar surface area (TPSA) is 80.2 Å². The molecule has 0 aliphatic carbocycles. The molecule has 4 rings (SSSR count). The third-order valence-corrected chi connectivity index (χ3v) is 5.50. The van der Waals surface area contributed by atoms with Crippen LogP contribution in [0.3, 0.4) is 0 Å². The smallest absolute Gasteiger partial charge is 0.215 e. The Morgan fingerprint density at radius 2 is 2.00 bits per heavy atom. The van der Waals surface area contributed by atoms with E-state index in [9.17, 15) is 0 Å². The Bertz CT molecular complexity index is 995. The van der Waals surface area contributed by atoms with Crippen LogP contribution in [0.15, 0.2) is 52.2 Å². The first-order valence-electron chi connectivity index (χ1n) is 7.60. The van der Waals surface area contributed by atoms with E-state index in [1.54, 1.807) is 23.7 Å². The number of nitrogens with zero attached hydrogens (tertiary/aromatic N) is 5. The lowest BCUT2D eigenvalue weighted by molar-refractivity contribution is 0.942. The van der Waals surface area contributed by atoms with Crippen LogP contribution in [-0.2, 0) is 0 Å². The number of hydrogen-bond acceptors (Lipinski definition) is 7. The molecule has 0 saturated carbocycles. The minimum absolute atomic E-state index is 0.640. The van der Waals surface area contributed by atoms with Gasteiger partial charge >= 0.3 is 0 Å². The Kier molecular flexibility index (Phi) is 4.29. The molecule has 0 fully saturated rings. The quantitative estimate of drug-likeness (QED) is 0.547. The summed E-state index contributed by atoms with van der Waals surface area (Å²) in [5.74, 6) is 1.43. The van der Waals surface area contributed by atoms with Gasteiger partial charge in [-0.3, -0.25) is 10.1 Å². The van der Waals surface area contributed by atoms with Crippen molar-refractivity contribution in [3.8, 4) is 22.1 Å². The summed E-state index contributed by atoms with van der Waals surface area (Å²) in [6, 6.07) is 7.84. The molecule has 6 nitrogen and oxygen atoms in total. The SMILES string of the molecule is Cc1nc(-c2cccnc2)nc(Sc2n[nH]c(-c3cccs3)n2)c1C. The number of aromatic amines is 1. The first-order chi connectivity index (χ1) is 12.2. The Labute approximate surface area is 152 Å². The molecule has 8 heteroatoms. The van der Waals surface area contributed by atoms with Gasteiger partial charge in [0.25, 0.3) is 0 Å². The Balaban J connectivity index is 1.67. The molecule has 0 unspecified atom stereocenters. The van der Waals surface area contributed by atoms with E-state index in [4.69, 9.17) is 4.98 Å². The molecule has 4 heterocycles. The highest BCUT2D eigenvalue weighted by molar-refractivity contribution is 7.99. The van der Waals surface area contributed by atoms with Gasteiger partial charge in [0.05, 0.1) is 4.88 Å². The third kappa shape index (κ3) is 3.31. The highest BCUT2D eigenvalue weighted by Gasteiger charge is 2.14. The molecule has 25 heavy (non-hydrogen) atoms. The van der Waals surface area contributed by atoms with Crippen molar-refractivity contribution < 1.29 is 0 Å². The molecule has 4 aromatic rings. The molecule has 0 spiro atoms. The van der Waals surface area contributed by atoms with Crippen LogP contribution >= 0.6 is 23.1 Å². The maximum absolute atomic E-state index is 4.69. The van der Waals surface area contributed by atoms with Crippen LogP contribution in [0.4, 0.5) is 0 Å². The number of hydrogen-bond donors (Lipinski definition) is 1. The minimum atomic E-state index is 0.640. The number of nitrogens with one attached hydrogen (secondary N) is 1. The maximum atomic E-state index is 4.69. The fraction of sp³-hybridized carbons (Fsp3) is 0.118. The van der Waals surface area contributed by atoms with Crippen molar-refractivity contribution in [2.24, 2.45) is 0 Å². The first kappa shape index (κ1) is 15.9. The van der Waals surface area contributed by atoms with Crippen molar-refractivity contribution >= 4 is 23.1 Å². The Hall–Kier alpha value is -2.58. The predicted octanol–water partition coefficient (Wildman–Crippen LogP) is 4.15. The summed E-state index contributed by atoms with van der Waals surface area (Å²) in [5.41, 5.74) is 2.85. The van der Waals surface area contributed by atoms with Crippen LogP contribution in [0, 0.1) is 13.8 Å². The predicted molar refractivity (Wildman–Crippen MR) is 98.6 cm³/mol. The van der Waals surface area contributed by atoms with E-state index in [-0.39, 0.29) is 0 Å². The van der Waals surface area contributed by atoms with Crippen molar-refractivity contribution in [1.82, 2.24) is 30.1 Å². The largest absolute Gasteiger partial charge is 0.264 e. The first-order valence-corrected chi connectivity index (χ1v) is 9.30. The number of pyridine rings is 1. The second-order valence-electron chi connectivity index (χ2n) is 5.35. The van der Waals surface area contributed by atoms with Gasteiger partial charge in [-0.2, -0.15) is 0 Å². The van der Waals surface area contributed by atoms with Gasteiger partial charge in [-0.15, -0.1) is 16.4 Å². The van der Waals surface area contributed by atoms with Crippen LogP contribution in [-0.4, -0.2) is 30.1 Å². The van der Waals surface area contributed by atoms with Gasteiger partial charge < -0.3 is 0 Å². The summed E-state index contributed by atoms with van der Waals surface area (Å²) in [6.07, 6.45) is 3.50. The normalized spacial score (nSPS) is 11.0. The second-order valence-corrected chi connectivity index (χ2v) is 7.25. The molecule has 0 radical (unpaired) electrons. The summed E-state index contributed by atoms with van der Waals surface area (Å²) >= 11 is 3.06. The number of aryl methyl sites for hydroxylation is 1. The van der Waals surface area contributed by atoms with E-state index in [1.165, 1.54) is 11.8 Å². The zero-order chi connectivity index (χ0) is 17.2. The third-order valence-electron chi connectivity index (χ3n) is 3.67. The lowest BCUT2D eigenvalue weighted by atomic mass is 10.2. The minimum Gasteiger partial charge on any atom is -0.264 e. The number of thiophene rings is 1. The van der Waals surface area contributed by atoms with Gasteiger partial charge in [0, 0.05) is 29.2 Å². The summed E-state index contributed by atoms with van der Waals surface area (Å²) in [7, 11) is 0. The molecule has 0 atom stereocenters. The van der Waals surface area contributed by atoms with Crippen LogP contribution in [0.2, 0.25) is 0 Å². The van der Waals surface area contributed by atoms with E-state index in [0.29, 0.717) is 11.0 Å². The van der Waals surface area contributed by atoms with Gasteiger partial charge in [-0.1, -0.05) is 6.07 Å². The lowest BCUT2D eigenvalue weighted by Crippen LogP contribution is -1.99. The Morgan fingerprint density at radius 3 is 2.76 bits per heavy atom. The van der Waals surface area contributed by atoms with E-state index in [2.05, 4.69) is 25.1 Å². The summed E-state index contributed by atoms with van der Waals surface area (Å²) < 4.78 is 0. The highest BCUT2D eigenvalue weighted by Crippen LogP contribution is 2.30. The van der Waals surface area contributed by atoms with Crippen molar-refractivity contribution in [2.45, 2.75) is 24.0 Å². The molecule has 1 N–H and O–H groups in total. The monoisotopic (exact) mass is 366 g/mol. The van der Waals surface area contributed by atoms with Crippen LogP contribution in [0.5, 0.6) is 0 Å². The summed E-state index contributed by atoms with van der Waals surface area (Å²) in [6.45, 7) is 3.99. The fourth-order valence-corrected chi connectivity index (χ4v) is 3.73. The second kappa shape index (κ2) is 6.73. The van der Waals surface area contributed by atoms with E-state index < -0.39 is 0 Å². The molecule has 0 bridgehead atoms. The van der Waals surface area contributed by atoms with Gasteiger partial charge in [-0.05, 0) is 49.2 Å². The molecule has 124 valence electrons. The molecular weight excluding hydrogens is 352 g/mol. The molecule has 4 aromatic heterocycles. The van der Waals surface area contributed by atoms with Gasteiger partial charge in [-0.25, -0.2) is 15.0 Å². The van der Waals surface area contributed by atoms with Crippen molar-refractivity contribution in [3.63, 3.8) is 0 Å². The number of rotatable bonds is 4. The summed E-state index contributed by atoms with van der Waals surface area (Å²) in [4.78, 5) is 19.0. The zero-order valence-electron chi connectivity index (χ0n) is 13.6. The maximum Gasteiger partial charge on any atom is 0.215 e. The van der Waals surface area contributed by atoms with E-state index >= 15 is 0 Å². The van der Waals surface area contributed by atoms with Gasteiger partial charge in [0.15, 0.2) is 11.6 Å². The van der Waals surface area contributed by atoms with Gasteiger partial charge in [0.2, 0.25) is 5.16 Å². The van der Waals surface area contributed by atoms with Crippen LogP contribution in [0.1, 0.15) is 11.3 Å². The van der Waals surface area contributed by atoms with Crippen molar-refractivity contribution in [2.75, 3.05) is 0 Å². The molecular formula is C17H14N6S2. The highest BCUT2D eigenvalue weighted by atomic mass is 32.2. The van der Waals surface area contributed by atoms with Crippen LogP contribution in [0.25, 0.3) is 22.1 Å². The summed E-state index contributed by atoms with van der Waals surface area (Å²) in [5, 5.41) is 10.8. The fourth-order valence-electron chi connectivity index (χ4n) is 2.23. The molecule has 0 saturated heterocycles. The Morgan fingerprint density at radius 1 is 1.08 bits per heavy atom. The number of aromatic nitrogens is 6. The van der Waals surface area contributed by atoms with Crippen LogP contribution < -0.4 is 0 Å². The average Bonchev–Trinajstić information content (AvgIpc) is 3.31. The van der Waals surface area contributed by atoms with E-state index in [0.717, 1.165) is 32.5 Å². The van der Waals surface area contributed by atoms with Crippen molar-refractivity contribution in [1.29, 1.82) is 0 Å². The molecule has 0 aliphatic rings. The zero-order valence-corrected chi connectivity index (χ0v) is 15.2. The standard InChI is InChI=1S/C17H14N6S2/c1-10-11(2)19-14(12-5-3-7-18-9-12)20-16(10)25-17-21-15(22-23-17)13-6-4-8-24-13/h3-9H,1-2H3,(H,21,22,23). The average molecular weight is 366 g/mol.